The molecule has 0 aliphatic rings. The lowest BCUT2D eigenvalue weighted by Crippen LogP contribution is -2.13. The van der Waals surface area contributed by atoms with Gasteiger partial charge in [-0.1, -0.05) is 12.1 Å². The quantitative estimate of drug-likeness (QED) is 0.416. The van der Waals surface area contributed by atoms with Crippen LogP contribution in [0.1, 0.15) is 11.3 Å². The van der Waals surface area contributed by atoms with Crippen LogP contribution in [0.15, 0.2) is 70.7 Å². The van der Waals surface area contributed by atoms with Gasteiger partial charge in [-0.3, -0.25) is 4.79 Å². The molecule has 2 aromatic carbocycles. The fourth-order valence-electron chi connectivity index (χ4n) is 2.40. The molecule has 0 fully saturated rings. The fourth-order valence-corrected chi connectivity index (χ4v) is 2.40. The standard InChI is InChI=1S/C21H13N3O3/c22-12-14-3-1-2-4-19(14)20-10-9-18(27-20)11-15(13-23)21(26)24-16-5-7-17(25)8-6-16/h1-11,25H,(H,24,26)/b15-11-. The van der Waals surface area contributed by atoms with Gasteiger partial charge in [0, 0.05) is 17.3 Å². The summed E-state index contributed by atoms with van der Waals surface area (Å²) in [6, 6.07) is 20.1. The summed E-state index contributed by atoms with van der Waals surface area (Å²) < 4.78 is 5.67. The molecule has 0 saturated heterocycles. The molecule has 0 aliphatic heterocycles. The number of hydrogen-bond donors (Lipinski definition) is 2. The van der Waals surface area contributed by atoms with E-state index < -0.39 is 5.91 Å². The summed E-state index contributed by atoms with van der Waals surface area (Å²) in [5.41, 5.74) is 1.40. The molecule has 0 unspecified atom stereocenters. The first-order valence-electron chi connectivity index (χ1n) is 7.92. The number of aromatic hydroxyl groups is 1. The van der Waals surface area contributed by atoms with Crippen molar-refractivity contribution in [2.24, 2.45) is 0 Å². The van der Waals surface area contributed by atoms with E-state index in [1.807, 2.05) is 6.07 Å². The topological polar surface area (TPSA) is 110 Å². The molecular weight excluding hydrogens is 342 g/mol. The van der Waals surface area contributed by atoms with Gasteiger partial charge in [-0.05, 0) is 48.5 Å². The van der Waals surface area contributed by atoms with E-state index >= 15 is 0 Å². The van der Waals surface area contributed by atoms with Crippen molar-refractivity contribution in [2.75, 3.05) is 5.32 Å². The maximum Gasteiger partial charge on any atom is 0.266 e. The number of furan rings is 1. The Hall–Kier alpha value is -4.29. The first-order valence-corrected chi connectivity index (χ1v) is 7.92. The zero-order chi connectivity index (χ0) is 19.2. The average molecular weight is 355 g/mol. The van der Waals surface area contributed by atoms with Crippen LogP contribution in [0.25, 0.3) is 17.4 Å². The SMILES string of the molecule is N#C/C(=C/c1ccc(-c2ccccc2C#N)o1)C(=O)Nc1ccc(O)cc1. The Bertz CT molecular complexity index is 1100. The summed E-state index contributed by atoms with van der Waals surface area (Å²) in [6.45, 7) is 0. The van der Waals surface area contributed by atoms with E-state index in [0.717, 1.165) is 0 Å². The largest absolute Gasteiger partial charge is 0.508 e. The minimum atomic E-state index is -0.599. The third kappa shape index (κ3) is 4.04. The van der Waals surface area contributed by atoms with Crippen molar-refractivity contribution in [3.05, 3.63) is 77.6 Å². The van der Waals surface area contributed by atoms with Crippen LogP contribution < -0.4 is 5.32 Å². The summed E-state index contributed by atoms with van der Waals surface area (Å²) in [5.74, 6) is 0.258. The summed E-state index contributed by atoms with van der Waals surface area (Å²) in [5, 5.41) is 30.3. The number of phenolic OH excluding ortho intramolecular Hbond substituents is 1. The van der Waals surface area contributed by atoms with Gasteiger partial charge in [0.2, 0.25) is 0 Å². The molecule has 3 aromatic rings. The molecular formula is C21H13N3O3. The lowest BCUT2D eigenvalue weighted by Gasteiger charge is -2.04. The van der Waals surface area contributed by atoms with Gasteiger partial charge in [0.05, 0.1) is 11.6 Å². The van der Waals surface area contributed by atoms with Crippen LogP contribution >= 0.6 is 0 Å². The normalized spacial score (nSPS) is 10.7. The second-order valence-corrected chi connectivity index (χ2v) is 5.53. The molecule has 6 heteroatoms. The van der Waals surface area contributed by atoms with Crippen molar-refractivity contribution in [3.63, 3.8) is 0 Å². The number of carbonyl (C=O) groups excluding carboxylic acids is 1. The Labute approximate surface area is 155 Å². The molecule has 2 N–H and O–H groups in total. The smallest absolute Gasteiger partial charge is 0.266 e. The first kappa shape index (κ1) is 17.5. The van der Waals surface area contributed by atoms with Crippen LogP contribution in [0.3, 0.4) is 0 Å². The number of rotatable bonds is 4. The number of carbonyl (C=O) groups is 1. The van der Waals surface area contributed by atoms with E-state index in [9.17, 15) is 20.4 Å². The molecule has 6 nitrogen and oxygen atoms in total. The highest BCUT2D eigenvalue weighted by molar-refractivity contribution is 6.09. The van der Waals surface area contributed by atoms with E-state index in [0.29, 0.717) is 28.3 Å². The lowest BCUT2D eigenvalue weighted by atomic mass is 10.1. The number of phenols is 1. The van der Waals surface area contributed by atoms with Crippen molar-refractivity contribution in [3.8, 4) is 29.2 Å². The number of amides is 1. The number of benzene rings is 2. The molecule has 3 rings (SSSR count). The molecule has 0 atom stereocenters. The maximum absolute atomic E-state index is 12.3. The molecule has 1 heterocycles. The minimum Gasteiger partial charge on any atom is -0.508 e. The van der Waals surface area contributed by atoms with Crippen molar-refractivity contribution in [2.45, 2.75) is 0 Å². The van der Waals surface area contributed by atoms with E-state index in [-0.39, 0.29) is 11.3 Å². The first-order chi connectivity index (χ1) is 13.1. The van der Waals surface area contributed by atoms with Gasteiger partial charge >= 0.3 is 0 Å². The van der Waals surface area contributed by atoms with Crippen molar-refractivity contribution >= 4 is 17.7 Å². The van der Waals surface area contributed by atoms with Crippen LogP contribution in [0.2, 0.25) is 0 Å². The fraction of sp³-hybridized carbons (Fsp3) is 0. The van der Waals surface area contributed by atoms with Crippen LogP contribution in [0, 0.1) is 22.7 Å². The molecule has 1 amide bonds. The van der Waals surface area contributed by atoms with E-state index in [4.69, 9.17) is 4.42 Å². The number of nitrogens with one attached hydrogen (secondary N) is 1. The highest BCUT2D eigenvalue weighted by Crippen LogP contribution is 2.26. The summed E-state index contributed by atoms with van der Waals surface area (Å²) >= 11 is 0. The molecule has 0 bridgehead atoms. The number of nitriles is 2. The Morgan fingerprint density at radius 1 is 1.04 bits per heavy atom. The monoisotopic (exact) mass is 355 g/mol. The number of hydrogen-bond acceptors (Lipinski definition) is 5. The van der Waals surface area contributed by atoms with E-state index in [2.05, 4.69) is 11.4 Å². The van der Waals surface area contributed by atoms with Crippen LogP contribution in [-0.2, 0) is 4.79 Å². The van der Waals surface area contributed by atoms with Crippen LogP contribution in [-0.4, -0.2) is 11.0 Å². The second-order valence-electron chi connectivity index (χ2n) is 5.53. The Morgan fingerprint density at radius 2 is 1.78 bits per heavy atom. The third-order valence-corrected chi connectivity index (χ3v) is 3.72. The highest BCUT2D eigenvalue weighted by Gasteiger charge is 2.12. The lowest BCUT2D eigenvalue weighted by molar-refractivity contribution is -0.112. The predicted molar refractivity (Wildman–Crippen MR) is 99.2 cm³/mol. The second kappa shape index (κ2) is 7.73. The molecule has 0 spiro atoms. The molecule has 1 aromatic heterocycles. The van der Waals surface area contributed by atoms with Gasteiger partial charge in [0.15, 0.2) is 0 Å². The van der Waals surface area contributed by atoms with Gasteiger partial charge in [-0.2, -0.15) is 10.5 Å². The van der Waals surface area contributed by atoms with Gasteiger partial charge < -0.3 is 14.8 Å². The zero-order valence-corrected chi connectivity index (χ0v) is 14.0. The number of nitrogens with zero attached hydrogens (tertiary/aromatic N) is 2. The Balaban J connectivity index is 1.83. The number of anilines is 1. The van der Waals surface area contributed by atoms with E-state index in [1.165, 1.54) is 30.3 Å². The Morgan fingerprint density at radius 3 is 2.48 bits per heavy atom. The molecule has 0 radical (unpaired) electrons. The average Bonchev–Trinajstić information content (AvgIpc) is 3.16. The maximum atomic E-state index is 12.3. The summed E-state index contributed by atoms with van der Waals surface area (Å²) in [6.07, 6.45) is 1.33. The van der Waals surface area contributed by atoms with Gasteiger partial charge in [0.1, 0.15) is 28.9 Å². The van der Waals surface area contributed by atoms with Crippen LogP contribution in [0.5, 0.6) is 5.75 Å². The summed E-state index contributed by atoms with van der Waals surface area (Å²) in [7, 11) is 0. The van der Waals surface area contributed by atoms with Crippen molar-refractivity contribution in [1.29, 1.82) is 10.5 Å². The van der Waals surface area contributed by atoms with Gasteiger partial charge in [0.25, 0.3) is 5.91 Å². The third-order valence-electron chi connectivity index (χ3n) is 3.72. The van der Waals surface area contributed by atoms with Crippen molar-refractivity contribution < 1.29 is 14.3 Å². The zero-order valence-electron chi connectivity index (χ0n) is 14.0. The predicted octanol–water partition coefficient (Wildman–Crippen LogP) is 4.07. The molecule has 130 valence electrons. The van der Waals surface area contributed by atoms with Gasteiger partial charge in [-0.25, -0.2) is 0 Å². The van der Waals surface area contributed by atoms with Gasteiger partial charge in [-0.15, -0.1) is 0 Å². The van der Waals surface area contributed by atoms with Crippen LogP contribution in [0.4, 0.5) is 5.69 Å². The highest BCUT2D eigenvalue weighted by atomic mass is 16.3. The molecule has 0 aliphatic carbocycles. The Kier molecular flexibility index (Phi) is 5.02. The molecule has 0 saturated carbocycles. The van der Waals surface area contributed by atoms with Crippen molar-refractivity contribution in [1.82, 2.24) is 0 Å². The molecule has 27 heavy (non-hydrogen) atoms. The van der Waals surface area contributed by atoms with E-state index in [1.54, 1.807) is 36.4 Å². The minimum absolute atomic E-state index is 0.0739. The summed E-state index contributed by atoms with van der Waals surface area (Å²) in [4.78, 5) is 12.3.